The summed E-state index contributed by atoms with van der Waals surface area (Å²) in [6.45, 7) is 1.06. The van der Waals surface area contributed by atoms with Crippen molar-refractivity contribution in [3.8, 4) is 0 Å². The third-order valence-corrected chi connectivity index (χ3v) is 4.10. The Balaban J connectivity index is 2.54. The molecule has 15 heavy (non-hydrogen) atoms. The molecule has 1 amide bonds. The molecule has 1 aliphatic rings. The first-order valence-corrected chi connectivity index (χ1v) is 6.28. The summed E-state index contributed by atoms with van der Waals surface area (Å²) < 4.78 is 22.7. The molecule has 2 N–H and O–H groups in total. The van der Waals surface area contributed by atoms with E-state index < -0.39 is 32.7 Å². The zero-order valence-corrected chi connectivity index (χ0v) is 9.08. The second kappa shape index (κ2) is 4.18. The summed E-state index contributed by atoms with van der Waals surface area (Å²) in [5.74, 6) is -2.81. The van der Waals surface area contributed by atoms with Gasteiger partial charge in [-0.15, -0.1) is 0 Å². The number of hydrogen-bond donors (Lipinski definition) is 2. The molecule has 1 saturated carbocycles. The summed E-state index contributed by atoms with van der Waals surface area (Å²) in [7, 11) is -3.89. The van der Waals surface area contributed by atoms with E-state index in [9.17, 15) is 18.0 Å². The number of carbonyl (C=O) groups excluding carboxylic acids is 1. The SMILES string of the molecule is CC(C(=O)O)S(=O)(=O)CC(=O)NC1CC1. The van der Waals surface area contributed by atoms with Crippen molar-refractivity contribution in [1.82, 2.24) is 5.32 Å². The number of carboxylic acids is 1. The van der Waals surface area contributed by atoms with Gasteiger partial charge in [-0.05, 0) is 19.8 Å². The van der Waals surface area contributed by atoms with E-state index in [0.29, 0.717) is 0 Å². The molecular weight excluding hydrogens is 222 g/mol. The highest BCUT2D eigenvalue weighted by Crippen LogP contribution is 2.18. The molecule has 0 aromatic rings. The number of sulfone groups is 1. The number of amides is 1. The van der Waals surface area contributed by atoms with Gasteiger partial charge in [-0.25, -0.2) is 8.42 Å². The van der Waals surface area contributed by atoms with E-state index in [1.54, 1.807) is 0 Å². The smallest absolute Gasteiger partial charge is 0.321 e. The predicted octanol–water partition coefficient (Wildman–Crippen LogP) is -0.847. The van der Waals surface area contributed by atoms with Crippen molar-refractivity contribution in [3.05, 3.63) is 0 Å². The molecule has 0 heterocycles. The van der Waals surface area contributed by atoms with Crippen LogP contribution in [0.1, 0.15) is 19.8 Å². The predicted molar refractivity (Wildman–Crippen MR) is 52.0 cm³/mol. The molecule has 1 rings (SSSR count). The lowest BCUT2D eigenvalue weighted by Gasteiger charge is -2.08. The molecule has 0 spiro atoms. The summed E-state index contributed by atoms with van der Waals surface area (Å²) in [5.41, 5.74) is 0. The second-order valence-corrected chi connectivity index (χ2v) is 5.95. The molecule has 86 valence electrons. The van der Waals surface area contributed by atoms with Gasteiger partial charge in [0.25, 0.3) is 0 Å². The summed E-state index contributed by atoms with van der Waals surface area (Å²) in [6.07, 6.45) is 1.72. The van der Waals surface area contributed by atoms with E-state index in [4.69, 9.17) is 5.11 Å². The lowest BCUT2D eigenvalue weighted by molar-refractivity contribution is -0.136. The lowest BCUT2D eigenvalue weighted by Crippen LogP contribution is -2.37. The standard InChI is InChI=1S/C8H13NO5S/c1-5(8(11)12)15(13,14)4-7(10)9-6-2-3-6/h5-6H,2-4H2,1H3,(H,9,10)(H,11,12). The molecule has 0 aromatic carbocycles. The molecule has 1 fully saturated rings. The van der Waals surface area contributed by atoms with Crippen LogP contribution in [0.2, 0.25) is 0 Å². The molecule has 1 unspecified atom stereocenters. The maximum atomic E-state index is 11.3. The van der Waals surface area contributed by atoms with Gasteiger partial charge in [-0.2, -0.15) is 0 Å². The molecule has 0 radical (unpaired) electrons. The van der Waals surface area contributed by atoms with Crippen molar-refractivity contribution in [2.24, 2.45) is 0 Å². The van der Waals surface area contributed by atoms with E-state index in [-0.39, 0.29) is 6.04 Å². The third-order valence-electron chi connectivity index (χ3n) is 2.16. The minimum Gasteiger partial charge on any atom is -0.480 e. The zero-order chi connectivity index (χ0) is 11.6. The molecule has 0 saturated heterocycles. The molecule has 0 aromatic heterocycles. The first-order valence-electron chi connectivity index (χ1n) is 4.56. The van der Waals surface area contributed by atoms with Crippen LogP contribution in [0.3, 0.4) is 0 Å². The minimum absolute atomic E-state index is 0.0767. The van der Waals surface area contributed by atoms with Crippen LogP contribution >= 0.6 is 0 Å². The number of nitrogens with one attached hydrogen (secondary N) is 1. The van der Waals surface area contributed by atoms with Crippen molar-refractivity contribution in [2.45, 2.75) is 31.1 Å². The largest absolute Gasteiger partial charge is 0.480 e. The quantitative estimate of drug-likeness (QED) is 0.646. The Morgan fingerprint density at radius 3 is 2.40 bits per heavy atom. The Hall–Kier alpha value is -1.11. The summed E-state index contributed by atoms with van der Waals surface area (Å²) in [6, 6.07) is 0.0767. The van der Waals surface area contributed by atoms with Crippen LogP contribution in [-0.2, 0) is 19.4 Å². The first-order chi connectivity index (χ1) is 6.83. The monoisotopic (exact) mass is 235 g/mol. The van der Waals surface area contributed by atoms with Gasteiger partial charge in [0.05, 0.1) is 0 Å². The van der Waals surface area contributed by atoms with E-state index in [1.165, 1.54) is 0 Å². The minimum atomic E-state index is -3.89. The summed E-state index contributed by atoms with van der Waals surface area (Å²) >= 11 is 0. The third kappa shape index (κ3) is 3.50. The Labute approximate surface area is 87.6 Å². The van der Waals surface area contributed by atoms with Crippen LogP contribution in [-0.4, -0.2) is 42.4 Å². The van der Waals surface area contributed by atoms with Crippen LogP contribution in [0.25, 0.3) is 0 Å². The van der Waals surface area contributed by atoms with Gasteiger partial charge in [0.1, 0.15) is 5.75 Å². The van der Waals surface area contributed by atoms with Gasteiger partial charge in [-0.1, -0.05) is 0 Å². The Bertz CT molecular complexity index is 370. The highest BCUT2D eigenvalue weighted by Gasteiger charge is 2.32. The molecule has 0 aliphatic heterocycles. The normalized spacial score (nSPS) is 18.2. The number of carbonyl (C=O) groups is 2. The van der Waals surface area contributed by atoms with Gasteiger partial charge >= 0.3 is 5.97 Å². The number of rotatable bonds is 5. The molecule has 1 atom stereocenters. The molecule has 1 aliphatic carbocycles. The molecule has 7 heteroatoms. The van der Waals surface area contributed by atoms with Crippen LogP contribution in [0.15, 0.2) is 0 Å². The Morgan fingerprint density at radius 1 is 1.47 bits per heavy atom. The fourth-order valence-corrected chi connectivity index (χ4v) is 1.96. The van der Waals surface area contributed by atoms with Crippen molar-refractivity contribution in [2.75, 3.05) is 5.75 Å². The second-order valence-electron chi connectivity index (χ2n) is 3.63. The number of aliphatic carboxylic acids is 1. The van der Waals surface area contributed by atoms with E-state index in [2.05, 4.69) is 5.32 Å². The first kappa shape index (κ1) is 12.0. The molecule has 6 nitrogen and oxygen atoms in total. The maximum absolute atomic E-state index is 11.3. The molecular formula is C8H13NO5S. The topological polar surface area (TPSA) is 101 Å². The zero-order valence-electron chi connectivity index (χ0n) is 8.26. The van der Waals surface area contributed by atoms with Crippen LogP contribution < -0.4 is 5.32 Å². The van der Waals surface area contributed by atoms with Crippen LogP contribution in [0, 0.1) is 0 Å². The van der Waals surface area contributed by atoms with Crippen molar-refractivity contribution in [3.63, 3.8) is 0 Å². The summed E-state index contributed by atoms with van der Waals surface area (Å²) in [4.78, 5) is 21.6. The van der Waals surface area contributed by atoms with Gasteiger partial charge in [0.2, 0.25) is 5.91 Å². The average Bonchev–Trinajstić information content (AvgIpc) is 2.85. The maximum Gasteiger partial charge on any atom is 0.321 e. The van der Waals surface area contributed by atoms with E-state index in [0.717, 1.165) is 19.8 Å². The van der Waals surface area contributed by atoms with Crippen molar-refractivity contribution >= 4 is 21.7 Å². The van der Waals surface area contributed by atoms with Gasteiger partial charge in [-0.3, -0.25) is 9.59 Å². The van der Waals surface area contributed by atoms with E-state index in [1.807, 2.05) is 0 Å². The highest BCUT2D eigenvalue weighted by atomic mass is 32.2. The van der Waals surface area contributed by atoms with E-state index >= 15 is 0 Å². The average molecular weight is 235 g/mol. The summed E-state index contributed by atoms with van der Waals surface area (Å²) in [5, 5.41) is 9.47. The van der Waals surface area contributed by atoms with Crippen molar-refractivity contribution in [1.29, 1.82) is 0 Å². The number of hydrogen-bond acceptors (Lipinski definition) is 4. The van der Waals surface area contributed by atoms with Crippen molar-refractivity contribution < 1.29 is 23.1 Å². The van der Waals surface area contributed by atoms with Gasteiger partial charge in [0, 0.05) is 6.04 Å². The van der Waals surface area contributed by atoms with Crippen LogP contribution in [0.5, 0.6) is 0 Å². The molecule has 0 bridgehead atoms. The fraction of sp³-hybridized carbons (Fsp3) is 0.750. The van der Waals surface area contributed by atoms with Gasteiger partial charge in [0.15, 0.2) is 15.1 Å². The Morgan fingerprint density at radius 2 is 2.00 bits per heavy atom. The van der Waals surface area contributed by atoms with Crippen LogP contribution in [0.4, 0.5) is 0 Å². The number of carboxylic acid groups (broad SMARTS) is 1. The fourth-order valence-electron chi connectivity index (χ4n) is 0.958. The lowest BCUT2D eigenvalue weighted by atomic mass is 10.5. The van der Waals surface area contributed by atoms with Gasteiger partial charge < -0.3 is 10.4 Å². The highest BCUT2D eigenvalue weighted by molar-refractivity contribution is 7.93. The Kier molecular flexibility index (Phi) is 3.33.